The molecular weight excluding hydrogens is 416 g/mol. The van der Waals surface area contributed by atoms with Crippen LogP contribution in [-0.2, 0) is 11.2 Å². The van der Waals surface area contributed by atoms with Crippen LogP contribution in [-0.4, -0.2) is 25.2 Å². The lowest BCUT2D eigenvalue weighted by Crippen LogP contribution is -2.19. The van der Waals surface area contributed by atoms with Crippen molar-refractivity contribution in [3.63, 3.8) is 0 Å². The van der Waals surface area contributed by atoms with E-state index in [0.717, 1.165) is 16.3 Å². The first-order valence-electron chi connectivity index (χ1n) is 10.4. The van der Waals surface area contributed by atoms with Gasteiger partial charge >= 0.3 is 5.97 Å². The van der Waals surface area contributed by atoms with Crippen molar-refractivity contribution in [2.45, 2.75) is 6.42 Å². The Kier molecular flexibility index (Phi) is 6.75. The minimum Gasteiger partial charge on any atom is -0.493 e. The zero-order chi connectivity index (χ0) is 23.0. The van der Waals surface area contributed by atoms with E-state index < -0.39 is 5.97 Å². The second-order valence-electron chi connectivity index (χ2n) is 7.28. The number of hydrazone groups is 1. The summed E-state index contributed by atoms with van der Waals surface area (Å²) in [7, 11) is 1.49. The van der Waals surface area contributed by atoms with E-state index >= 15 is 0 Å². The summed E-state index contributed by atoms with van der Waals surface area (Å²) in [6.07, 6.45) is 1.74. The van der Waals surface area contributed by atoms with Gasteiger partial charge in [0, 0.05) is 0 Å². The Morgan fingerprint density at radius 3 is 2.45 bits per heavy atom. The van der Waals surface area contributed by atoms with Crippen molar-refractivity contribution in [1.82, 2.24) is 5.43 Å². The molecule has 0 aliphatic rings. The van der Waals surface area contributed by atoms with Gasteiger partial charge in [0.15, 0.2) is 11.5 Å². The van der Waals surface area contributed by atoms with Crippen LogP contribution in [0.2, 0.25) is 0 Å². The summed E-state index contributed by atoms with van der Waals surface area (Å²) in [5.41, 5.74) is 4.57. The molecule has 6 nitrogen and oxygen atoms in total. The van der Waals surface area contributed by atoms with Crippen LogP contribution in [0.4, 0.5) is 0 Å². The van der Waals surface area contributed by atoms with E-state index in [1.54, 1.807) is 24.3 Å². The molecule has 6 heteroatoms. The summed E-state index contributed by atoms with van der Waals surface area (Å²) < 4.78 is 11.0. The molecule has 4 rings (SSSR count). The third-order valence-corrected chi connectivity index (χ3v) is 5.01. The standard InChI is InChI=1S/C27H22N2O4/c1-32-25-16-20(18-28-29-26(30)17-19-8-3-2-4-9-19)14-15-24(25)33-27(31)23-13-7-11-21-10-5-6-12-22(21)23/h2-16,18H,17H2,1H3,(H,29,30)/b28-18-. The molecule has 0 bridgehead atoms. The molecule has 0 aromatic heterocycles. The summed E-state index contributed by atoms with van der Waals surface area (Å²) in [6.45, 7) is 0. The van der Waals surface area contributed by atoms with E-state index in [9.17, 15) is 9.59 Å². The Morgan fingerprint density at radius 1 is 0.879 bits per heavy atom. The summed E-state index contributed by atoms with van der Waals surface area (Å²) in [6, 6.07) is 27.6. The average Bonchev–Trinajstić information content (AvgIpc) is 2.85. The van der Waals surface area contributed by atoms with Crippen molar-refractivity contribution in [2.24, 2.45) is 5.10 Å². The molecule has 0 unspecified atom stereocenters. The lowest BCUT2D eigenvalue weighted by Gasteiger charge is -2.11. The van der Waals surface area contributed by atoms with E-state index in [0.29, 0.717) is 22.6 Å². The molecular formula is C27H22N2O4. The monoisotopic (exact) mass is 438 g/mol. The summed E-state index contributed by atoms with van der Waals surface area (Å²) in [5, 5.41) is 5.77. The Bertz CT molecular complexity index is 1310. The van der Waals surface area contributed by atoms with Crippen molar-refractivity contribution >= 4 is 28.9 Å². The number of rotatable bonds is 7. The molecule has 4 aromatic carbocycles. The molecule has 1 amide bonds. The predicted molar refractivity (Wildman–Crippen MR) is 128 cm³/mol. The molecule has 164 valence electrons. The van der Waals surface area contributed by atoms with Crippen LogP contribution in [0.25, 0.3) is 10.8 Å². The number of methoxy groups -OCH3 is 1. The van der Waals surface area contributed by atoms with Gasteiger partial charge in [-0.15, -0.1) is 0 Å². The van der Waals surface area contributed by atoms with Crippen LogP contribution in [0, 0.1) is 0 Å². The lowest BCUT2D eigenvalue weighted by atomic mass is 10.0. The molecule has 0 spiro atoms. The van der Waals surface area contributed by atoms with E-state index in [4.69, 9.17) is 9.47 Å². The highest BCUT2D eigenvalue weighted by atomic mass is 16.6. The number of carbonyl (C=O) groups excluding carboxylic acids is 2. The van der Waals surface area contributed by atoms with E-state index in [1.165, 1.54) is 13.3 Å². The van der Waals surface area contributed by atoms with Gasteiger partial charge in [-0.05, 0) is 46.2 Å². The quantitative estimate of drug-likeness (QED) is 0.195. The number of nitrogens with zero attached hydrogens (tertiary/aromatic N) is 1. The molecule has 4 aromatic rings. The second kappa shape index (κ2) is 10.2. The third-order valence-electron chi connectivity index (χ3n) is 5.01. The summed E-state index contributed by atoms with van der Waals surface area (Å²) in [5.74, 6) is -0.0198. The molecule has 0 atom stereocenters. The Balaban J connectivity index is 1.43. The second-order valence-corrected chi connectivity index (χ2v) is 7.28. The van der Waals surface area contributed by atoms with Gasteiger partial charge in [-0.3, -0.25) is 4.79 Å². The highest BCUT2D eigenvalue weighted by Gasteiger charge is 2.15. The molecule has 0 aliphatic heterocycles. The fourth-order valence-electron chi connectivity index (χ4n) is 3.41. The molecule has 0 saturated heterocycles. The highest BCUT2D eigenvalue weighted by molar-refractivity contribution is 6.05. The number of carbonyl (C=O) groups is 2. The zero-order valence-corrected chi connectivity index (χ0v) is 18.0. The Hall–Kier alpha value is -4.45. The van der Waals surface area contributed by atoms with Crippen LogP contribution < -0.4 is 14.9 Å². The maximum Gasteiger partial charge on any atom is 0.344 e. The number of fused-ring (bicyclic) bond motifs is 1. The van der Waals surface area contributed by atoms with Crippen molar-refractivity contribution in [3.8, 4) is 11.5 Å². The van der Waals surface area contributed by atoms with Crippen LogP contribution in [0.1, 0.15) is 21.5 Å². The Labute approximate surface area is 191 Å². The van der Waals surface area contributed by atoms with Crippen LogP contribution in [0.5, 0.6) is 11.5 Å². The maximum absolute atomic E-state index is 12.8. The van der Waals surface area contributed by atoms with Crippen LogP contribution in [0.3, 0.4) is 0 Å². The number of esters is 1. The number of nitrogens with one attached hydrogen (secondary N) is 1. The molecule has 0 radical (unpaired) electrons. The maximum atomic E-state index is 12.8. The smallest absolute Gasteiger partial charge is 0.344 e. The molecule has 33 heavy (non-hydrogen) atoms. The normalized spacial score (nSPS) is 10.8. The zero-order valence-electron chi connectivity index (χ0n) is 18.0. The number of hydrogen-bond donors (Lipinski definition) is 1. The van der Waals surface area contributed by atoms with Crippen LogP contribution >= 0.6 is 0 Å². The Morgan fingerprint density at radius 2 is 1.64 bits per heavy atom. The fourth-order valence-corrected chi connectivity index (χ4v) is 3.41. The molecule has 1 N–H and O–H groups in total. The number of amides is 1. The largest absolute Gasteiger partial charge is 0.493 e. The molecule has 0 heterocycles. The summed E-state index contributed by atoms with van der Waals surface area (Å²) in [4.78, 5) is 24.8. The molecule has 0 saturated carbocycles. The van der Waals surface area contributed by atoms with Crippen LogP contribution in [0.15, 0.2) is 96.1 Å². The topological polar surface area (TPSA) is 77.0 Å². The van der Waals surface area contributed by atoms with Crippen molar-refractivity contribution in [1.29, 1.82) is 0 Å². The van der Waals surface area contributed by atoms with Gasteiger partial charge in [-0.25, -0.2) is 10.2 Å². The van der Waals surface area contributed by atoms with Gasteiger partial charge in [-0.1, -0.05) is 66.7 Å². The average molecular weight is 438 g/mol. The van der Waals surface area contributed by atoms with Crippen molar-refractivity contribution in [2.75, 3.05) is 7.11 Å². The molecule has 0 aliphatic carbocycles. The lowest BCUT2D eigenvalue weighted by molar-refractivity contribution is -0.120. The first kappa shape index (κ1) is 21.8. The van der Waals surface area contributed by atoms with Gasteiger partial charge in [0.1, 0.15) is 0 Å². The highest BCUT2D eigenvalue weighted by Crippen LogP contribution is 2.29. The number of benzene rings is 4. The van der Waals surface area contributed by atoms with Gasteiger partial charge in [0.05, 0.1) is 25.3 Å². The van der Waals surface area contributed by atoms with Crippen molar-refractivity contribution in [3.05, 3.63) is 108 Å². The van der Waals surface area contributed by atoms with E-state index in [-0.39, 0.29) is 12.3 Å². The van der Waals surface area contributed by atoms with Gasteiger partial charge in [0.25, 0.3) is 0 Å². The van der Waals surface area contributed by atoms with Gasteiger partial charge in [-0.2, -0.15) is 5.10 Å². The fraction of sp³-hybridized carbons (Fsp3) is 0.0741. The minimum atomic E-state index is -0.473. The van der Waals surface area contributed by atoms with E-state index in [2.05, 4.69) is 10.5 Å². The molecule has 0 fully saturated rings. The number of hydrogen-bond acceptors (Lipinski definition) is 5. The third kappa shape index (κ3) is 5.43. The van der Waals surface area contributed by atoms with Gasteiger partial charge < -0.3 is 9.47 Å². The first-order chi connectivity index (χ1) is 16.1. The van der Waals surface area contributed by atoms with E-state index in [1.807, 2.05) is 66.7 Å². The van der Waals surface area contributed by atoms with Gasteiger partial charge in [0.2, 0.25) is 5.91 Å². The first-order valence-corrected chi connectivity index (χ1v) is 10.4. The minimum absolute atomic E-state index is 0.218. The van der Waals surface area contributed by atoms with Crippen molar-refractivity contribution < 1.29 is 19.1 Å². The number of ether oxygens (including phenoxy) is 2. The summed E-state index contributed by atoms with van der Waals surface area (Å²) >= 11 is 0. The SMILES string of the molecule is COc1cc(/C=N\NC(=O)Cc2ccccc2)ccc1OC(=O)c1cccc2ccccc12. The predicted octanol–water partition coefficient (Wildman–Crippen LogP) is 4.76.